The molecule has 0 spiro atoms. The molecule has 0 aliphatic heterocycles. The molecule has 0 saturated carbocycles. The van der Waals surface area contributed by atoms with Crippen molar-refractivity contribution in [1.29, 1.82) is 0 Å². The van der Waals surface area contributed by atoms with Crippen LogP contribution in [0.5, 0.6) is 0 Å². The number of rotatable bonds is 7. The van der Waals surface area contributed by atoms with Gasteiger partial charge in [-0.25, -0.2) is 0 Å². The molecule has 3 aromatic carbocycles. The minimum atomic E-state index is 0.00732. The smallest absolute Gasteiger partial charge is 0.237 e. The summed E-state index contributed by atoms with van der Waals surface area (Å²) in [6.45, 7) is 0.621. The third-order valence-corrected chi connectivity index (χ3v) is 6.50. The fourth-order valence-electron chi connectivity index (χ4n) is 3.16. The van der Waals surface area contributed by atoms with E-state index in [1.807, 2.05) is 72.8 Å². The summed E-state index contributed by atoms with van der Waals surface area (Å²) in [6, 6.07) is 27.8. The van der Waals surface area contributed by atoms with Gasteiger partial charge in [-0.1, -0.05) is 94.4 Å². The second kappa shape index (κ2) is 9.94. The van der Waals surface area contributed by atoms with Gasteiger partial charge >= 0.3 is 0 Å². The third kappa shape index (κ3) is 5.06. The van der Waals surface area contributed by atoms with E-state index in [1.165, 1.54) is 11.8 Å². The van der Waals surface area contributed by atoms with Crippen molar-refractivity contribution in [2.75, 3.05) is 17.7 Å². The molecule has 0 saturated heterocycles. The number of carbonyl (C=O) groups is 1. The van der Waals surface area contributed by atoms with Crippen LogP contribution in [-0.4, -0.2) is 33.5 Å². The first-order chi connectivity index (χ1) is 15.1. The number of aromatic nitrogens is 3. The molecule has 4 aromatic rings. The van der Waals surface area contributed by atoms with Crippen molar-refractivity contribution in [3.05, 3.63) is 95.0 Å². The van der Waals surface area contributed by atoms with Crippen molar-refractivity contribution < 1.29 is 4.79 Å². The zero-order valence-electron chi connectivity index (χ0n) is 17.0. The molecule has 1 heterocycles. The van der Waals surface area contributed by atoms with E-state index in [2.05, 4.69) is 42.8 Å². The number of nitrogens with zero attached hydrogens (tertiary/aromatic N) is 4. The first kappa shape index (κ1) is 21.3. The lowest BCUT2D eigenvalue weighted by molar-refractivity contribution is -0.115. The molecule has 0 N–H and O–H groups in total. The first-order valence-corrected chi connectivity index (χ1v) is 11.6. The highest BCUT2D eigenvalue weighted by atomic mass is 79.9. The number of hydrogen-bond donors (Lipinski definition) is 0. The summed E-state index contributed by atoms with van der Waals surface area (Å²) in [7, 11) is 1.79. The van der Waals surface area contributed by atoms with Crippen LogP contribution in [0.4, 0.5) is 5.69 Å². The molecule has 1 amide bonds. The van der Waals surface area contributed by atoms with Gasteiger partial charge in [0.2, 0.25) is 5.91 Å². The largest absolute Gasteiger partial charge is 0.315 e. The van der Waals surface area contributed by atoms with Crippen LogP contribution < -0.4 is 4.90 Å². The number of amides is 1. The van der Waals surface area contributed by atoms with Gasteiger partial charge in [0.25, 0.3) is 0 Å². The fourth-order valence-corrected chi connectivity index (χ4v) is 4.48. The van der Waals surface area contributed by atoms with Crippen molar-refractivity contribution in [2.24, 2.45) is 0 Å². The quantitative estimate of drug-likeness (QED) is 0.319. The predicted octanol–water partition coefficient (Wildman–Crippen LogP) is 5.51. The van der Waals surface area contributed by atoms with Gasteiger partial charge in [-0.05, 0) is 23.8 Å². The number of carbonyl (C=O) groups excluding carboxylic acids is 1. The first-order valence-electron chi connectivity index (χ1n) is 9.80. The number of anilines is 1. The van der Waals surface area contributed by atoms with Crippen LogP contribution in [0.15, 0.2) is 94.6 Å². The lowest BCUT2D eigenvalue weighted by atomic mass is 10.2. The SMILES string of the molecule is CN(C(=O)CSc1nnc(-c2ccccc2Br)n1Cc1ccccc1)c1ccccc1. The monoisotopic (exact) mass is 492 g/mol. The van der Waals surface area contributed by atoms with Crippen molar-refractivity contribution >= 4 is 39.3 Å². The molecule has 156 valence electrons. The van der Waals surface area contributed by atoms with E-state index in [4.69, 9.17) is 0 Å². The summed E-state index contributed by atoms with van der Waals surface area (Å²) in [5.41, 5.74) is 2.98. The molecular weight excluding hydrogens is 472 g/mol. The molecule has 7 heteroatoms. The number of para-hydroxylation sites is 1. The van der Waals surface area contributed by atoms with Gasteiger partial charge < -0.3 is 4.90 Å². The van der Waals surface area contributed by atoms with E-state index in [0.29, 0.717) is 11.7 Å². The van der Waals surface area contributed by atoms with Crippen molar-refractivity contribution in [3.8, 4) is 11.4 Å². The Kier molecular flexibility index (Phi) is 6.84. The average molecular weight is 493 g/mol. The van der Waals surface area contributed by atoms with E-state index < -0.39 is 0 Å². The number of thioether (sulfide) groups is 1. The molecule has 0 atom stereocenters. The summed E-state index contributed by atoms with van der Waals surface area (Å²) >= 11 is 5.02. The van der Waals surface area contributed by atoms with Crippen molar-refractivity contribution in [1.82, 2.24) is 14.8 Å². The number of benzene rings is 3. The van der Waals surface area contributed by atoms with Gasteiger partial charge in [0, 0.05) is 22.8 Å². The van der Waals surface area contributed by atoms with Crippen LogP contribution in [-0.2, 0) is 11.3 Å². The molecule has 1 aromatic heterocycles. The maximum Gasteiger partial charge on any atom is 0.237 e. The topological polar surface area (TPSA) is 51.0 Å². The highest BCUT2D eigenvalue weighted by Crippen LogP contribution is 2.30. The Balaban J connectivity index is 1.60. The Bertz CT molecular complexity index is 1160. The second-order valence-electron chi connectivity index (χ2n) is 6.93. The van der Waals surface area contributed by atoms with Gasteiger partial charge in [-0.2, -0.15) is 0 Å². The molecule has 5 nitrogen and oxygen atoms in total. The van der Waals surface area contributed by atoms with Gasteiger partial charge in [-0.15, -0.1) is 10.2 Å². The van der Waals surface area contributed by atoms with Crippen molar-refractivity contribution in [3.63, 3.8) is 0 Å². The Morgan fingerprint density at radius 3 is 2.29 bits per heavy atom. The molecule has 0 bridgehead atoms. The van der Waals surface area contributed by atoms with Crippen LogP contribution >= 0.6 is 27.7 Å². The minimum absolute atomic E-state index is 0.00732. The summed E-state index contributed by atoms with van der Waals surface area (Å²) in [6.07, 6.45) is 0. The molecule has 0 radical (unpaired) electrons. The summed E-state index contributed by atoms with van der Waals surface area (Å²) in [4.78, 5) is 14.4. The normalized spacial score (nSPS) is 10.8. The Morgan fingerprint density at radius 2 is 1.58 bits per heavy atom. The zero-order valence-corrected chi connectivity index (χ0v) is 19.4. The van der Waals surface area contributed by atoms with E-state index in [1.54, 1.807) is 11.9 Å². The van der Waals surface area contributed by atoms with E-state index >= 15 is 0 Å². The van der Waals surface area contributed by atoms with Gasteiger partial charge in [0.05, 0.1) is 12.3 Å². The highest BCUT2D eigenvalue weighted by molar-refractivity contribution is 9.10. The molecule has 31 heavy (non-hydrogen) atoms. The molecule has 0 aliphatic carbocycles. The minimum Gasteiger partial charge on any atom is -0.315 e. The third-order valence-electron chi connectivity index (χ3n) is 4.86. The number of halogens is 1. The van der Waals surface area contributed by atoms with Gasteiger partial charge in [0.15, 0.2) is 11.0 Å². The summed E-state index contributed by atoms with van der Waals surface area (Å²) in [5.74, 6) is 1.05. The molecule has 0 fully saturated rings. The van der Waals surface area contributed by atoms with Crippen LogP contribution in [0.3, 0.4) is 0 Å². The fraction of sp³-hybridized carbons (Fsp3) is 0.125. The van der Waals surface area contributed by atoms with E-state index in [0.717, 1.165) is 27.1 Å². The van der Waals surface area contributed by atoms with E-state index in [-0.39, 0.29) is 11.7 Å². The van der Waals surface area contributed by atoms with Gasteiger partial charge in [0.1, 0.15) is 0 Å². The Labute approximate surface area is 194 Å². The predicted molar refractivity (Wildman–Crippen MR) is 129 cm³/mol. The lowest BCUT2D eigenvalue weighted by Gasteiger charge is -2.17. The maximum atomic E-state index is 12.8. The molecule has 0 unspecified atom stereocenters. The molecule has 4 rings (SSSR count). The Hall–Kier alpha value is -2.90. The summed E-state index contributed by atoms with van der Waals surface area (Å²) < 4.78 is 3.02. The average Bonchev–Trinajstić information content (AvgIpc) is 3.20. The second-order valence-corrected chi connectivity index (χ2v) is 8.73. The summed E-state index contributed by atoms with van der Waals surface area (Å²) in [5, 5.41) is 9.59. The van der Waals surface area contributed by atoms with Crippen LogP contribution in [0, 0.1) is 0 Å². The number of hydrogen-bond acceptors (Lipinski definition) is 4. The lowest BCUT2D eigenvalue weighted by Crippen LogP contribution is -2.28. The van der Waals surface area contributed by atoms with Crippen LogP contribution in [0.25, 0.3) is 11.4 Å². The van der Waals surface area contributed by atoms with Crippen LogP contribution in [0.1, 0.15) is 5.56 Å². The standard InChI is InChI=1S/C24H21BrN4OS/c1-28(19-12-6-3-7-13-19)22(30)17-31-24-27-26-23(20-14-8-9-15-21(20)25)29(24)16-18-10-4-2-5-11-18/h2-15H,16-17H2,1H3. The van der Waals surface area contributed by atoms with Crippen molar-refractivity contribution in [2.45, 2.75) is 11.7 Å². The molecular formula is C24H21BrN4OS. The molecule has 0 aliphatic rings. The zero-order chi connectivity index (χ0) is 21.6. The van der Waals surface area contributed by atoms with Crippen LogP contribution in [0.2, 0.25) is 0 Å². The maximum absolute atomic E-state index is 12.8. The van der Waals surface area contributed by atoms with E-state index in [9.17, 15) is 4.79 Å². The Morgan fingerprint density at radius 1 is 0.935 bits per heavy atom. The highest BCUT2D eigenvalue weighted by Gasteiger charge is 2.19. The van der Waals surface area contributed by atoms with Gasteiger partial charge in [-0.3, -0.25) is 9.36 Å².